The van der Waals surface area contributed by atoms with Gasteiger partial charge in [0, 0.05) is 111 Å². The molecule has 0 saturated carbocycles. The number of rotatable bonds is 8. The van der Waals surface area contributed by atoms with E-state index < -0.39 is 10.8 Å². The minimum atomic E-state index is -0.778. The first kappa shape index (κ1) is 170. The second kappa shape index (κ2) is 107. The third-order valence-corrected chi connectivity index (χ3v) is 2.92. The second-order valence-corrected chi connectivity index (χ2v) is 4.38. The molecule has 27 heteroatoms. The summed E-state index contributed by atoms with van der Waals surface area (Å²) in [6, 6.07) is 0. The van der Waals surface area contributed by atoms with Crippen molar-refractivity contribution < 1.29 is 223 Å². The van der Waals surface area contributed by atoms with E-state index in [0.29, 0.717) is 0 Å². The van der Waals surface area contributed by atoms with Gasteiger partial charge in [0.2, 0.25) is 0 Å². The molecule has 0 aliphatic carbocycles. The summed E-state index contributed by atoms with van der Waals surface area (Å²) in [7, 11) is 0. The van der Waals surface area contributed by atoms with Gasteiger partial charge >= 0.3 is 0 Å². The number of aliphatic hydroxyl groups excluding tert-OH is 2. The fourth-order valence-electron chi connectivity index (χ4n) is 0.710. The van der Waals surface area contributed by atoms with Crippen LogP contribution in [0.3, 0.4) is 0 Å². The van der Waals surface area contributed by atoms with E-state index in [0.717, 1.165) is 0 Å². The van der Waals surface area contributed by atoms with E-state index in [1.165, 1.54) is 0 Å². The summed E-state index contributed by atoms with van der Waals surface area (Å²) in [5, 5.41) is 58.7. The summed E-state index contributed by atoms with van der Waals surface area (Å²) in [5.41, 5.74) is -1.56. The first-order valence-electron chi connectivity index (χ1n) is 5.58. The zero-order valence-electron chi connectivity index (χ0n) is 19.7. The summed E-state index contributed by atoms with van der Waals surface area (Å²) in [5.74, 6) is 0. The maximum Gasteiger partial charge on any atom is 0.196 e. The molecule has 0 saturated heterocycles. The average molecular weight is 818 g/mol. The van der Waals surface area contributed by atoms with Crippen LogP contribution in [-0.4, -0.2) is 165 Å². The number of hydrogen-bond acceptors (Lipinski definition) is 2. The smallest absolute Gasteiger partial charge is 0.196 e. The van der Waals surface area contributed by atoms with Gasteiger partial charge in [0.1, 0.15) is 0 Å². The fourth-order valence-corrected chi connectivity index (χ4v) is 0.710. The van der Waals surface area contributed by atoms with E-state index in [9.17, 15) is 0 Å². The van der Waals surface area contributed by atoms with Gasteiger partial charge in [0.15, 0.2) is 50.5 Å². The van der Waals surface area contributed by atoms with Gasteiger partial charge in [0.25, 0.3) is 0 Å². The van der Waals surface area contributed by atoms with Gasteiger partial charge in [-0.2, -0.15) is 0 Å². The van der Waals surface area contributed by atoms with E-state index in [1.807, 2.05) is 0 Å². The molecule has 37 heavy (non-hydrogen) atoms. The van der Waals surface area contributed by atoms with Crippen LogP contribution in [0.25, 0.3) is 0 Å². The minimum absolute atomic E-state index is 0. The van der Waals surface area contributed by atoms with E-state index in [1.54, 1.807) is 0 Å². The molecular weight excluding hydrogens is 762 g/mol. The van der Waals surface area contributed by atoms with Crippen molar-refractivity contribution in [1.82, 2.24) is 0 Å². The van der Waals surface area contributed by atoms with Gasteiger partial charge < -0.3 is 112 Å². The average Bonchev–Trinajstić information content (AvgIpc) is 2.46. The van der Waals surface area contributed by atoms with Crippen LogP contribution >= 0.6 is 0 Å². The normalized spacial score (nSPS) is 5.84. The molecule has 0 unspecified atom stereocenters. The standard InChI is InChI=1S/2C5H12O4.13H2O.6V/c2*6-1-5(2-7,3-8)4-9;;;;;;;;;;;;;;;;;;;/h2*6-9H,1-4H2;13*1H2;;;;;;/p+6. The molecule has 0 aromatic heterocycles. The fraction of sp³-hybridized carbons (Fsp3) is 1.00. The predicted octanol–water partition coefficient (Wildman–Crippen LogP) is -16.5. The molecule has 0 bridgehead atoms. The summed E-state index contributed by atoms with van der Waals surface area (Å²) in [4.78, 5) is 0. The molecule has 0 rings (SSSR count). The molecule has 0 aromatic carbocycles. The van der Waals surface area contributed by atoms with Gasteiger partial charge in [-0.05, 0) is 0 Å². The molecule has 0 spiro atoms. The Morgan fingerprint density at radius 1 is 0.297 bits per heavy atom. The monoisotopic (exact) mass is 818 g/mol. The summed E-state index contributed by atoms with van der Waals surface area (Å²) in [6.45, 7) is -0.625. The minimum Gasteiger partial charge on any atom is -0.444 e. The third kappa shape index (κ3) is 73.1. The molecule has 0 amide bonds. The molecule has 40 N–H and O–H groups in total. The summed E-state index contributed by atoms with van der Waals surface area (Å²) in [6.07, 6.45) is 0. The van der Waals surface area contributed by atoms with E-state index >= 15 is 0 Å². The van der Waals surface area contributed by atoms with Crippen molar-refractivity contribution >= 4 is 0 Å². The molecule has 0 fully saturated rings. The maximum atomic E-state index is 8.62. The topological polar surface area (TPSA) is 587 Å². The molecule has 0 atom stereocenters. The van der Waals surface area contributed by atoms with Crippen LogP contribution in [0.15, 0.2) is 0 Å². The van der Waals surface area contributed by atoms with Gasteiger partial charge in [-0.3, -0.25) is 0 Å². The van der Waals surface area contributed by atoms with E-state index in [2.05, 4.69) is 0 Å². The van der Waals surface area contributed by atoms with Gasteiger partial charge in [-0.15, -0.1) is 0 Å². The zero-order chi connectivity index (χ0) is 14.7. The molecule has 0 aliphatic heterocycles. The first-order chi connectivity index (χ1) is 8.49. The van der Waals surface area contributed by atoms with E-state index in [4.69, 9.17) is 40.9 Å². The Hall–Kier alpha value is 2.67. The number of aliphatic hydroxyl groups is 2. The van der Waals surface area contributed by atoms with Gasteiger partial charge in [-0.1, -0.05) is 0 Å². The van der Waals surface area contributed by atoms with Crippen LogP contribution in [0.2, 0.25) is 0 Å². The van der Waals surface area contributed by atoms with Crippen molar-refractivity contribution in [1.29, 1.82) is 0 Å². The Kier molecular flexibility index (Phi) is 491. The first-order valence-corrected chi connectivity index (χ1v) is 5.58. The van der Waals surface area contributed by atoms with Crippen molar-refractivity contribution in [3.05, 3.63) is 0 Å². The quantitative estimate of drug-likeness (QED) is 0.225. The summed E-state index contributed by atoms with van der Waals surface area (Å²) >= 11 is 0. The molecular formula is C10H56O21V6+6. The zero-order valence-corrected chi connectivity index (χ0v) is 28.1. The second-order valence-electron chi connectivity index (χ2n) is 4.38. The van der Waals surface area contributed by atoms with Crippen molar-refractivity contribution in [2.75, 3.05) is 52.9 Å². The predicted molar refractivity (Wildman–Crippen MR) is 117 cm³/mol. The van der Waals surface area contributed by atoms with Crippen LogP contribution in [0.4, 0.5) is 0 Å². The molecule has 21 nitrogen and oxygen atoms in total. The maximum absolute atomic E-state index is 8.62. The Bertz CT molecular complexity index is 158. The van der Waals surface area contributed by atoms with Gasteiger partial charge in [-0.25, -0.2) is 0 Å². The SMILES string of the molecule is O.O.O.O.O.O.O.O.O.O.O.O.O.OCC(C[OH2+])(C[OH2+])C[OH2+].OCC(C[OH2+])(C[OH2+])C[OH2+].[V].[V].[V].[V].[V].[V]. The van der Waals surface area contributed by atoms with Gasteiger partial charge in [0.05, 0.1) is 13.2 Å². The molecule has 246 valence electrons. The van der Waals surface area contributed by atoms with Crippen LogP contribution < -0.4 is 0 Å². The van der Waals surface area contributed by atoms with Crippen molar-refractivity contribution in [2.24, 2.45) is 10.8 Å². The number of hydrogen-bond donors (Lipinski definition) is 2. The third-order valence-electron chi connectivity index (χ3n) is 2.92. The molecule has 6 radical (unpaired) electrons. The Labute approximate surface area is 285 Å². The van der Waals surface area contributed by atoms with E-state index in [-0.39, 0.29) is 235 Å². The largest absolute Gasteiger partial charge is 0.444 e. The molecule has 0 aliphatic rings. The Balaban J connectivity index is -0.00000000481. The van der Waals surface area contributed by atoms with Crippen LogP contribution in [0.5, 0.6) is 0 Å². The Morgan fingerprint density at radius 3 is 0.378 bits per heavy atom. The van der Waals surface area contributed by atoms with Crippen molar-refractivity contribution in [2.45, 2.75) is 0 Å². The van der Waals surface area contributed by atoms with Crippen LogP contribution in [0, 0.1) is 10.8 Å². The summed E-state index contributed by atoms with van der Waals surface area (Å²) < 4.78 is 0. The van der Waals surface area contributed by atoms with Crippen LogP contribution in [0.1, 0.15) is 0 Å². The molecule has 0 heterocycles. The molecule has 0 aromatic rings. The van der Waals surface area contributed by atoms with Crippen LogP contribution in [-0.2, 0) is 111 Å². The van der Waals surface area contributed by atoms with Crippen molar-refractivity contribution in [3.63, 3.8) is 0 Å². The Morgan fingerprint density at radius 2 is 0.378 bits per heavy atom. The van der Waals surface area contributed by atoms with Crippen molar-refractivity contribution in [3.8, 4) is 0 Å².